The summed E-state index contributed by atoms with van der Waals surface area (Å²) < 4.78 is 5.87. The van der Waals surface area contributed by atoms with E-state index in [0.717, 1.165) is 61.1 Å². The van der Waals surface area contributed by atoms with Gasteiger partial charge in [-0.1, -0.05) is 6.07 Å². The van der Waals surface area contributed by atoms with Gasteiger partial charge in [0.25, 0.3) is 0 Å². The van der Waals surface area contributed by atoms with Crippen LogP contribution < -0.4 is 5.32 Å². The zero-order valence-corrected chi connectivity index (χ0v) is 16.2. The van der Waals surface area contributed by atoms with Gasteiger partial charge in [0.1, 0.15) is 5.76 Å². The van der Waals surface area contributed by atoms with Gasteiger partial charge in [0.05, 0.1) is 10.6 Å². The maximum absolute atomic E-state index is 11.9. The molecular weight excluding hydrogens is 346 g/mol. The number of likely N-dealkylation sites (tertiary alicyclic amines) is 1. The highest BCUT2D eigenvalue weighted by Gasteiger charge is 2.25. The van der Waals surface area contributed by atoms with Crippen molar-refractivity contribution in [2.24, 2.45) is 5.92 Å². The first-order chi connectivity index (χ1) is 12.7. The number of carbonyl (C=O) groups is 1. The van der Waals surface area contributed by atoms with Crippen molar-refractivity contribution < 1.29 is 9.21 Å². The van der Waals surface area contributed by atoms with Crippen molar-refractivity contribution in [1.82, 2.24) is 15.2 Å². The summed E-state index contributed by atoms with van der Waals surface area (Å²) in [6.45, 7) is 5.00. The Morgan fingerprint density at radius 3 is 3.08 bits per heavy atom. The third kappa shape index (κ3) is 4.54. The second-order valence-electron chi connectivity index (χ2n) is 7.62. The molecule has 2 aromatic heterocycles. The third-order valence-electron chi connectivity index (χ3n) is 5.32. The normalized spacial score (nSPS) is 21.0. The molecule has 1 atom stereocenters. The van der Waals surface area contributed by atoms with Crippen molar-refractivity contribution in [2.75, 3.05) is 13.1 Å². The molecule has 0 bridgehead atoms. The van der Waals surface area contributed by atoms with Crippen molar-refractivity contribution in [3.8, 4) is 10.8 Å². The van der Waals surface area contributed by atoms with Crippen molar-refractivity contribution in [1.29, 1.82) is 0 Å². The van der Waals surface area contributed by atoms with E-state index >= 15 is 0 Å². The number of carbonyl (C=O) groups excluding carboxylic acids is 1. The summed E-state index contributed by atoms with van der Waals surface area (Å²) in [5.41, 5.74) is 1.04. The molecule has 2 aromatic rings. The summed E-state index contributed by atoms with van der Waals surface area (Å²) in [4.78, 5) is 20.2. The predicted octanol–water partition coefficient (Wildman–Crippen LogP) is 3.98. The Morgan fingerprint density at radius 2 is 2.31 bits per heavy atom. The topological polar surface area (TPSA) is 58.4 Å². The van der Waals surface area contributed by atoms with Crippen LogP contribution in [-0.2, 0) is 11.3 Å². The van der Waals surface area contributed by atoms with E-state index in [1.807, 2.05) is 24.4 Å². The lowest BCUT2D eigenvalue weighted by molar-refractivity contribution is -0.121. The molecule has 1 amide bonds. The number of hydrogen-bond acceptors (Lipinski definition) is 5. The number of nitrogens with zero attached hydrogens (tertiary/aromatic N) is 2. The number of hydrogen-bond donors (Lipinski definition) is 1. The molecule has 5 nitrogen and oxygen atoms in total. The zero-order chi connectivity index (χ0) is 17.9. The molecule has 140 valence electrons. The molecule has 26 heavy (non-hydrogen) atoms. The molecule has 1 aliphatic heterocycles. The number of piperidine rings is 1. The molecule has 2 aliphatic rings. The van der Waals surface area contributed by atoms with Crippen LogP contribution in [0.4, 0.5) is 0 Å². The Balaban J connectivity index is 1.30. The summed E-state index contributed by atoms with van der Waals surface area (Å²) in [6, 6.07) is 4.54. The highest BCUT2D eigenvalue weighted by atomic mass is 32.1. The van der Waals surface area contributed by atoms with Gasteiger partial charge >= 0.3 is 0 Å². The molecule has 6 heteroatoms. The van der Waals surface area contributed by atoms with E-state index in [1.54, 1.807) is 11.3 Å². The highest BCUT2D eigenvalue weighted by Crippen LogP contribution is 2.28. The van der Waals surface area contributed by atoms with Crippen LogP contribution in [0, 0.1) is 12.8 Å². The first-order valence-electron chi connectivity index (χ1n) is 9.69. The largest absolute Gasteiger partial charge is 0.440 e. The Bertz CT molecular complexity index is 736. The number of thiophene rings is 1. The number of aryl methyl sites for hydroxylation is 1. The molecule has 4 rings (SSSR count). The van der Waals surface area contributed by atoms with Gasteiger partial charge in [0, 0.05) is 25.6 Å². The minimum atomic E-state index is 0.234. The number of amides is 1. The Morgan fingerprint density at radius 1 is 1.42 bits per heavy atom. The lowest BCUT2D eigenvalue weighted by Crippen LogP contribution is -2.36. The SMILES string of the molecule is Cc1oc(-c2cccs2)nc1CN1CCC[C@@H](CCC(=O)NC2CC2)C1. The van der Waals surface area contributed by atoms with Crippen LogP contribution in [0.15, 0.2) is 21.9 Å². The molecule has 3 heterocycles. The summed E-state index contributed by atoms with van der Waals surface area (Å²) >= 11 is 1.65. The van der Waals surface area contributed by atoms with Gasteiger partial charge in [-0.3, -0.25) is 9.69 Å². The van der Waals surface area contributed by atoms with E-state index in [4.69, 9.17) is 9.40 Å². The van der Waals surface area contributed by atoms with E-state index in [1.165, 1.54) is 12.8 Å². The smallest absolute Gasteiger partial charge is 0.236 e. The number of rotatable bonds is 7. The van der Waals surface area contributed by atoms with Crippen molar-refractivity contribution in [3.05, 3.63) is 29.0 Å². The first-order valence-corrected chi connectivity index (χ1v) is 10.6. The van der Waals surface area contributed by atoms with Crippen LogP contribution in [0.1, 0.15) is 50.0 Å². The molecule has 1 aliphatic carbocycles. The predicted molar refractivity (Wildman–Crippen MR) is 103 cm³/mol. The maximum Gasteiger partial charge on any atom is 0.236 e. The molecule has 1 saturated carbocycles. The fraction of sp³-hybridized carbons (Fsp3) is 0.600. The monoisotopic (exact) mass is 373 g/mol. The van der Waals surface area contributed by atoms with Crippen molar-refractivity contribution in [3.63, 3.8) is 0 Å². The summed E-state index contributed by atoms with van der Waals surface area (Å²) in [6.07, 6.45) is 6.41. The van der Waals surface area contributed by atoms with E-state index in [2.05, 4.69) is 10.2 Å². The summed E-state index contributed by atoms with van der Waals surface area (Å²) in [7, 11) is 0. The minimum absolute atomic E-state index is 0.234. The number of oxazole rings is 1. The van der Waals surface area contributed by atoms with Gasteiger partial charge in [-0.15, -0.1) is 11.3 Å². The Hall–Kier alpha value is -1.66. The second kappa shape index (κ2) is 7.92. The van der Waals surface area contributed by atoms with Gasteiger partial charge in [-0.2, -0.15) is 0 Å². The van der Waals surface area contributed by atoms with Crippen LogP contribution >= 0.6 is 11.3 Å². The van der Waals surface area contributed by atoms with Crippen LogP contribution in [0.3, 0.4) is 0 Å². The minimum Gasteiger partial charge on any atom is -0.440 e. The average molecular weight is 374 g/mol. The van der Waals surface area contributed by atoms with Crippen LogP contribution in [0.2, 0.25) is 0 Å². The first kappa shape index (κ1) is 17.7. The van der Waals surface area contributed by atoms with Gasteiger partial charge in [-0.25, -0.2) is 4.98 Å². The van der Waals surface area contributed by atoms with E-state index in [-0.39, 0.29) is 5.91 Å². The molecule has 1 saturated heterocycles. The Labute approximate surface area is 158 Å². The fourth-order valence-corrected chi connectivity index (χ4v) is 4.33. The highest BCUT2D eigenvalue weighted by molar-refractivity contribution is 7.13. The third-order valence-corrected chi connectivity index (χ3v) is 6.18. The molecular formula is C20H27N3O2S. The van der Waals surface area contributed by atoms with Crippen LogP contribution in [0.25, 0.3) is 10.8 Å². The van der Waals surface area contributed by atoms with Crippen LogP contribution in [0.5, 0.6) is 0 Å². The van der Waals surface area contributed by atoms with Gasteiger partial charge in [-0.05, 0) is 62.9 Å². The van der Waals surface area contributed by atoms with Gasteiger partial charge in [0.15, 0.2) is 0 Å². The second-order valence-corrected chi connectivity index (χ2v) is 8.57. The van der Waals surface area contributed by atoms with Gasteiger partial charge in [0.2, 0.25) is 11.8 Å². The van der Waals surface area contributed by atoms with Gasteiger partial charge < -0.3 is 9.73 Å². The molecule has 1 N–H and O–H groups in total. The quantitative estimate of drug-likeness (QED) is 0.797. The van der Waals surface area contributed by atoms with Crippen molar-refractivity contribution in [2.45, 2.75) is 58.0 Å². The molecule has 2 fully saturated rings. The van der Waals surface area contributed by atoms with E-state index in [0.29, 0.717) is 18.4 Å². The molecule has 0 spiro atoms. The lowest BCUT2D eigenvalue weighted by atomic mass is 9.93. The summed E-state index contributed by atoms with van der Waals surface area (Å²) in [5, 5.41) is 5.14. The summed E-state index contributed by atoms with van der Waals surface area (Å²) in [5.74, 6) is 2.49. The standard InChI is InChI=1S/C20H27N3O2S/c1-14-17(22-20(25-14)18-5-3-11-26-18)13-23-10-2-4-15(12-23)6-9-19(24)21-16-7-8-16/h3,5,11,15-16H,2,4,6-10,12-13H2,1H3,(H,21,24)/t15-/m0/s1. The van der Waals surface area contributed by atoms with Crippen LogP contribution in [-0.4, -0.2) is 34.9 Å². The zero-order valence-electron chi connectivity index (χ0n) is 15.4. The van der Waals surface area contributed by atoms with Crippen molar-refractivity contribution >= 4 is 17.2 Å². The van der Waals surface area contributed by atoms with E-state index < -0.39 is 0 Å². The number of nitrogens with one attached hydrogen (secondary N) is 1. The number of aromatic nitrogens is 1. The van der Waals surface area contributed by atoms with E-state index in [9.17, 15) is 4.79 Å². The Kier molecular flexibility index (Phi) is 5.41. The fourth-order valence-electron chi connectivity index (χ4n) is 3.69. The molecule has 0 unspecified atom stereocenters. The molecule has 0 aromatic carbocycles. The maximum atomic E-state index is 11.9. The lowest BCUT2D eigenvalue weighted by Gasteiger charge is -2.32. The molecule has 0 radical (unpaired) electrons. The average Bonchev–Trinajstić information content (AvgIpc) is 3.13.